The second-order valence-corrected chi connectivity index (χ2v) is 5.19. The molecule has 0 aromatic rings. The van der Waals surface area contributed by atoms with Crippen molar-refractivity contribution in [1.29, 1.82) is 0 Å². The van der Waals surface area contributed by atoms with Crippen LogP contribution in [0, 0.1) is 0 Å². The Morgan fingerprint density at radius 3 is 2.39 bits per heavy atom. The van der Waals surface area contributed by atoms with Crippen molar-refractivity contribution in [3.05, 3.63) is 0 Å². The van der Waals surface area contributed by atoms with Crippen molar-refractivity contribution in [1.82, 2.24) is 10.2 Å². The molecule has 1 amide bonds. The molecule has 1 heterocycles. The van der Waals surface area contributed by atoms with Gasteiger partial charge >= 0.3 is 0 Å². The number of hydrogen-bond donors (Lipinski definition) is 1. The zero-order valence-electron chi connectivity index (χ0n) is 10.6. The Balaban J connectivity index is 0.00000162. The van der Waals surface area contributed by atoms with Crippen molar-refractivity contribution in [2.75, 3.05) is 13.6 Å². The van der Waals surface area contributed by atoms with Gasteiger partial charge in [-0.25, -0.2) is 8.78 Å². The molecule has 106 valence electrons. The maximum Gasteiger partial charge on any atom is 0.248 e. The average Bonchev–Trinajstić information content (AvgIpc) is 2.80. The molecule has 1 aliphatic heterocycles. The smallest absolute Gasteiger partial charge is 0.248 e. The summed E-state index contributed by atoms with van der Waals surface area (Å²) in [5.74, 6) is -2.45. The monoisotopic (exact) mass is 282 g/mol. The molecule has 0 aromatic heterocycles. The fourth-order valence-corrected chi connectivity index (χ4v) is 2.73. The summed E-state index contributed by atoms with van der Waals surface area (Å²) in [5.41, 5.74) is 0. The number of alkyl halides is 2. The molecule has 0 unspecified atom stereocenters. The lowest BCUT2D eigenvalue weighted by atomic mass is 9.91. The number of carbonyl (C=O) groups excluding carboxylic acids is 1. The lowest BCUT2D eigenvalue weighted by molar-refractivity contribution is -0.136. The summed E-state index contributed by atoms with van der Waals surface area (Å²) in [7, 11) is 1.75. The molecule has 2 rings (SSSR count). The Morgan fingerprint density at radius 1 is 1.28 bits per heavy atom. The minimum absolute atomic E-state index is 0. The molecule has 0 spiro atoms. The highest BCUT2D eigenvalue weighted by atomic mass is 35.5. The average molecular weight is 283 g/mol. The van der Waals surface area contributed by atoms with Crippen LogP contribution in [0.25, 0.3) is 0 Å². The van der Waals surface area contributed by atoms with E-state index >= 15 is 0 Å². The zero-order chi connectivity index (χ0) is 12.5. The van der Waals surface area contributed by atoms with E-state index in [-0.39, 0.29) is 43.2 Å². The van der Waals surface area contributed by atoms with E-state index in [0.29, 0.717) is 12.8 Å². The maximum atomic E-state index is 13.0. The maximum absolute atomic E-state index is 13.0. The van der Waals surface area contributed by atoms with Crippen LogP contribution in [0.15, 0.2) is 0 Å². The lowest BCUT2D eigenvalue weighted by Gasteiger charge is -2.35. The lowest BCUT2D eigenvalue weighted by Crippen LogP contribution is -2.48. The van der Waals surface area contributed by atoms with E-state index in [1.807, 2.05) is 0 Å². The van der Waals surface area contributed by atoms with Gasteiger partial charge in [0.15, 0.2) is 0 Å². The quantitative estimate of drug-likeness (QED) is 0.842. The number of likely N-dealkylation sites (N-methyl/N-ethyl adjacent to an activating group) is 1. The van der Waals surface area contributed by atoms with Crippen LogP contribution in [0.4, 0.5) is 8.78 Å². The summed E-state index contributed by atoms with van der Waals surface area (Å²) in [4.78, 5) is 13.8. The van der Waals surface area contributed by atoms with Crippen LogP contribution in [-0.4, -0.2) is 42.4 Å². The van der Waals surface area contributed by atoms with E-state index in [4.69, 9.17) is 0 Å². The number of halogens is 3. The first kappa shape index (κ1) is 15.6. The second kappa shape index (κ2) is 6.15. The summed E-state index contributed by atoms with van der Waals surface area (Å²) < 4.78 is 26.1. The Hall–Kier alpha value is -0.420. The van der Waals surface area contributed by atoms with Gasteiger partial charge in [0.1, 0.15) is 0 Å². The fourth-order valence-electron chi connectivity index (χ4n) is 2.73. The van der Waals surface area contributed by atoms with Gasteiger partial charge in [0, 0.05) is 25.9 Å². The molecule has 3 nitrogen and oxygen atoms in total. The second-order valence-electron chi connectivity index (χ2n) is 5.19. The van der Waals surface area contributed by atoms with Crippen LogP contribution in [0.5, 0.6) is 0 Å². The molecule has 2 fully saturated rings. The Morgan fingerprint density at radius 2 is 1.89 bits per heavy atom. The van der Waals surface area contributed by atoms with E-state index in [1.165, 1.54) is 0 Å². The minimum Gasteiger partial charge on any atom is -0.341 e. The van der Waals surface area contributed by atoms with E-state index in [9.17, 15) is 13.6 Å². The third-order valence-corrected chi connectivity index (χ3v) is 3.94. The molecular weight excluding hydrogens is 262 g/mol. The van der Waals surface area contributed by atoms with Crippen LogP contribution < -0.4 is 5.32 Å². The first-order valence-electron chi connectivity index (χ1n) is 6.37. The SMILES string of the molecule is CN(C(=O)[C@@H]1CCCN1)C1CCC(F)(F)CC1.Cl. The van der Waals surface area contributed by atoms with Crippen LogP contribution in [0.3, 0.4) is 0 Å². The molecule has 0 bridgehead atoms. The van der Waals surface area contributed by atoms with Crippen molar-refractivity contribution in [2.24, 2.45) is 0 Å². The van der Waals surface area contributed by atoms with Crippen molar-refractivity contribution in [2.45, 2.75) is 56.5 Å². The van der Waals surface area contributed by atoms with Gasteiger partial charge in [-0.1, -0.05) is 0 Å². The van der Waals surface area contributed by atoms with Gasteiger partial charge in [-0.15, -0.1) is 12.4 Å². The highest BCUT2D eigenvalue weighted by molar-refractivity contribution is 5.85. The van der Waals surface area contributed by atoms with Crippen LogP contribution in [0.2, 0.25) is 0 Å². The van der Waals surface area contributed by atoms with Gasteiger partial charge in [-0.05, 0) is 32.2 Å². The van der Waals surface area contributed by atoms with Gasteiger partial charge in [0.25, 0.3) is 0 Å². The fraction of sp³-hybridized carbons (Fsp3) is 0.917. The molecule has 6 heteroatoms. The Kier molecular flexibility index (Phi) is 5.34. The van der Waals surface area contributed by atoms with Crippen LogP contribution in [0.1, 0.15) is 38.5 Å². The third kappa shape index (κ3) is 3.54. The number of carbonyl (C=O) groups is 1. The first-order valence-corrected chi connectivity index (χ1v) is 6.37. The zero-order valence-corrected chi connectivity index (χ0v) is 11.4. The molecule has 1 N–H and O–H groups in total. The Bertz CT molecular complexity index is 286. The van der Waals surface area contributed by atoms with Gasteiger partial charge in [-0.2, -0.15) is 0 Å². The molecule has 1 aliphatic carbocycles. The van der Waals surface area contributed by atoms with E-state index in [0.717, 1.165) is 19.4 Å². The highest BCUT2D eigenvalue weighted by Gasteiger charge is 2.38. The highest BCUT2D eigenvalue weighted by Crippen LogP contribution is 2.34. The summed E-state index contributed by atoms with van der Waals surface area (Å²) in [6.07, 6.45) is 2.55. The molecule has 1 atom stereocenters. The van der Waals surface area contributed by atoms with E-state index in [1.54, 1.807) is 11.9 Å². The molecule has 0 aromatic carbocycles. The van der Waals surface area contributed by atoms with Crippen LogP contribution >= 0.6 is 12.4 Å². The molecule has 18 heavy (non-hydrogen) atoms. The van der Waals surface area contributed by atoms with E-state index < -0.39 is 5.92 Å². The number of hydrogen-bond acceptors (Lipinski definition) is 2. The topological polar surface area (TPSA) is 32.3 Å². The summed E-state index contributed by atoms with van der Waals surface area (Å²) in [6.45, 7) is 0.882. The predicted octanol–water partition coefficient (Wildman–Crippen LogP) is 2.20. The number of amides is 1. The van der Waals surface area contributed by atoms with Gasteiger partial charge in [0.05, 0.1) is 6.04 Å². The first-order chi connectivity index (χ1) is 7.99. The molecule has 0 radical (unpaired) electrons. The largest absolute Gasteiger partial charge is 0.341 e. The number of nitrogens with one attached hydrogen (secondary N) is 1. The predicted molar refractivity (Wildman–Crippen MR) is 68.2 cm³/mol. The minimum atomic E-state index is -2.52. The Labute approximate surface area is 113 Å². The molecular formula is C12H21ClF2N2O. The third-order valence-electron chi connectivity index (χ3n) is 3.94. The number of nitrogens with zero attached hydrogens (tertiary/aromatic N) is 1. The van der Waals surface area contributed by atoms with Crippen molar-refractivity contribution in [3.8, 4) is 0 Å². The summed E-state index contributed by atoms with van der Waals surface area (Å²) >= 11 is 0. The normalized spacial score (nSPS) is 27.6. The molecule has 1 saturated carbocycles. The standard InChI is InChI=1S/C12H20F2N2O.ClH/c1-16(11(17)10-3-2-8-15-10)9-4-6-12(13,14)7-5-9;/h9-10,15H,2-8H2,1H3;1H/t10-;/m0./s1. The summed E-state index contributed by atoms with van der Waals surface area (Å²) in [6, 6.07) is -0.105. The van der Waals surface area contributed by atoms with Crippen molar-refractivity contribution < 1.29 is 13.6 Å². The molecule has 2 aliphatic rings. The molecule has 1 saturated heterocycles. The number of rotatable bonds is 2. The van der Waals surface area contributed by atoms with Crippen molar-refractivity contribution >= 4 is 18.3 Å². The van der Waals surface area contributed by atoms with Gasteiger partial charge in [0.2, 0.25) is 11.8 Å². The van der Waals surface area contributed by atoms with Crippen molar-refractivity contribution in [3.63, 3.8) is 0 Å². The van der Waals surface area contributed by atoms with Gasteiger partial charge < -0.3 is 10.2 Å². The van der Waals surface area contributed by atoms with E-state index in [2.05, 4.69) is 5.32 Å². The van der Waals surface area contributed by atoms with Gasteiger partial charge in [-0.3, -0.25) is 4.79 Å². The van der Waals surface area contributed by atoms with Crippen LogP contribution in [-0.2, 0) is 4.79 Å². The summed E-state index contributed by atoms with van der Waals surface area (Å²) in [5, 5.41) is 3.15.